The Morgan fingerprint density at radius 2 is 2.00 bits per heavy atom. The van der Waals surface area contributed by atoms with Gasteiger partial charge in [-0.15, -0.1) is 0 Å². The summed E-state index contributed by atoms with van der Waals surface area (Å²) in [6.07, 6.45) is 3.20. The number of allylic oxidation sites excluding steroid dienone is 3. The van der Waals surface area contributed by atoms with E-state index >= 15 is 0 Å². The van der Waals surface area contributed by atoms with Crippen molar-refractivity contribution in [3.05, 3.63) is 36.5 Å². The van der Waals surface area contributed by atoms with Crippen LogP contribution in [0.2, 0.25) is 0 Å². The third kappa shape index (κ3) is 6.12. The summed E-state index contributed by atoms with van der Waals surface area (Å²) in [5, 5.41) is 17.5. The van der Waals surface area contributed by atoms with Gasteiger partial charge in [0, 0.05) is 26.4 Å². The molecule has 4 nitrogen and oxygen atoms in total. The third-order valence-corrected chi connectivity index (χ3v) is 1.94. The maximum Gasteiger partial charge on any atom is 0.487 e. The molecule has 0 heterocycles. The van der Waals surface area contributed by atoms with E-state index in [4.69, 9.17) is 14.8 Å². The lowest BCUT2D eigenvalue weighted by atomic mass is 9.80. The predicted molar refractivity (Wildman–Crippen MR) is 62.1 cm³/mol. The molecule has 0 radical (unpaired) electrons. The lowest BCUT2D eigenvalue weighted by Crippen LogP contribution is -2.21. The maximum atomic E-state index is 8.76. The molecule has 2 N–H and O–H groups in total. The van der Waals surface area contributed by atoms with Gasteiger partial charge in [-0.3, -0.25) is 0 Å². The first kappa shape index (κ1) is 14.0. The summed E-state index contributed by atoms with van der Waals surface area (Å²) in [6, 6.07) is 0. The molecule has 0 saturated carbocycles. The standard InChI is InChI=1S/C10H18BNO3/c1-9(11(13)14)5-6-10(2)12(3)7-8-15-4/h5-6,13-14H,1-2,7-8H2,3-4H3/b6-5-. The van der Waals surface area contributed by atoms with Crippen LogP contribution in [-0.2, 0) is 4.74 Å². The second-order valence-electron chi connectivity index (χ2n) is 3.19. The van der Waals surface area contributed by atoms with E-state index in [-0.39, 0.29) is 5.47 Å². The normalized spacial score (nSPS) is 10.4. The summed E-state index contributed by atoms with van der Waals surface area (Å²) >= 11 is 0. The first-order valence-corrected chi connectivity index (χ1v) is 4.61. The Morgan fingerprint density at radius 3 is 2.47 bits per heavy atom. The van der Waals surface area contributed by atoms with Gasteiger partial charge in [0.15, 0.2) is 0 Å². The van der Waals surface area contributed by atoms with E-state index < -0.39 is 7.12 Å². The molecule has 0 aliphatic rings. The predicted octanol–water partition coefficient (Wildman–Crippen LogP) is 0.203. The van der Waals surface area contributed by atoms with Gasteiger partial charge in [0.25, 0.3) is 0 Å². The third-order valence-electron chi connectivity index (χ3n) is 1.94. The van der Waals surface area contributed by atoms with Gasteiger partial charge < -0.3 is 19.7 Å². The summed E-state index contributed by atoms with van der Waals surface area (Å²) in [5.74, 6) is 0. The summed E-state index contributed by atoms with van der Waals surface area (Å²) in [6.45, 7) is 8.64. The minimum atomic E-state index is -1.52. The Kier molecular flexibility index (Phi) is 6.78. The first-order chi connectivity index (χ1) is 6.99. The fourth-order valence-electron chi connectivity index (χ4n) is 0.788. The number of hydrogen-bond acceptors (Lipinski definition) is 4. The Hall–Kier alpha value is -1.04. The summed E-state index contributed by atoms with van der Waals surface area (Å²) < 4.78 is 4.92. The van der Waals surface area contributed by atoms with Crippen LogP contribution in [0.1, 0.15) is 0 Å². The number of methoxy groups -OCH3 is 1. The summed E-state index contributed by atoms with van der Waals surface area (Å²) in [4.78, 5) is 1.90. The molecule has 0 aliphatic heterocycles. The van der Waals surface area contributed by atoms with Crippen LogP contribution < -0.4 is 0 Å². The van der Waals surface area contributed by atoms with E-state index in [0.29, 0.717) is 6.61 Å². The van der Waals surface area contributed by atoms with Crippen molar-refractivity contribution in [2.24, 2.45) is 0 Å². The summed E-state index contributed by atoms with van der Waals surface area (Å²) in [7, 11) is 2.00. The van der Waals surface area contributed by atoms with Crippen LogP contribution in [0.15, 0.2) is 36.5 Å². The quantitative estimate of drug-likeness (QED) is 0.466. The van der Waals surface area contributed by atoms with Crippen molar-refractivity contribution < 1.29 is 14.8 Å². The van der Waals surface area contributed by atoms with E-state index in [2.05, 4.69) is 13.2 Å². The average molecular weight is 211 g/mol. The molecular formula is C10H18BNO3. The van der Waals surface area contributed by atoms with Gasteiger partial charge in [0.1, 0.15) is 0 Å². The van der Waals surface area contributed by atoms with Crippen LogP contribution >= 0.6 is 0 Å². The lowest BCUT2D eigenvalue weighted by molar-refractivity contribution is 0.175. The topological polar surface area (TPSA) is 52.9 Å². The van der Waals surface area contributed by atoms with Crippen LogP contribution in [-0.4, -0.2) is 49.4 Å². The first-order valence-electron chi connectivity index (χ1n) is 4.61. The molecule has 0 saturated heterocycles. The van der Waals surface area contributed by atoms with E-state index in [1.54, 1.807) is 13.2 Å². The molecule has 0 aliphatic carbocycles. The number of likely N-dealkylation sites (N-methyl/N-ethyl adjacent to an activating group) is 1. The van der Waals surface area contributed by atoms with Crippen molar-refractivity contribution >= 4 is 7.12 Å². The molecule has 0 unspecified atom stereocenters. The Morgan fingerprint density at radius 1 is 1.40 bits per heavy atom. The van der Waals surface area contributed by atoms with E-state index in [0.717, 1.165) is 12.2 Å². The van der Waals surface area contributed by atoms with Gasteiger partial charge in [-0.2, -0.15) is 0 Å². The van der Waals surface area contributed by atoms with E-state index in [9.17, 15) is 0 Å². The minimum Gasteiger partial charge on any atom is -0.423 e. The van der Waals surface area contributed by atoms with E-state index in [1.807, 2.05) is 11.9 Å². The fraction of sp³-hybridized carbons (Fsp3) is 0.400. The van der Waals surface area contributed by atoms with Gasteiger partial charge in [-0.25, -0.2) is 0 Å². The van der Waals surface area contributed by atoms with Crippen molar-refractivity contribution in [3.8, 4) is 0 Å². The molecule has 15 heavy (non-hydrogen) atoms. The SMILES string of the molecule is C=C(/C=C\C(=C)N(C)CCOC)B(O)O. The van der Waals surface area contributed by atoms with Gasteiger partial charge in [-0.05, 0) is 11.5 Å². The van der Waals surface area contributed by atoms with Crippen molar-refractivity contribution in [1.29, 1.82) is 0 Å². The molecule has 0 atom stereocenters. The fourth-order valence-corrected chi connectivity index (χ4v) is 0.788. The van der Waals surface area contributed by atoms with Crippen molar-refractivity contribution in [2.45, 2.75) is 0 Å². The summed E-state index contributed by atoms with van der Waals surface area (Å²) in [5.41, 5.74) is 0.991. The molecular weight excluding hydrogens is 193 g/mol. The largest absolute Gasteiger partial charge is 0.487 e. The zero-order valence-corrected chi connectivity index (χ0v) is 9.31. The van der Waals surface area contributed by atoms with Crippen LogP contribution in [0.5, 0.6) is 0 Å². The molecule has 0 spiro atoms. The molecule has 0 rings (SSSR count). The van der Waals surface area contributed by atoms with Gasteiger partial charge in [-0.1, -0.05) is 19.2 Å². The van der Waals surface area contributed by atoms with Crippen LogP contribution in [0.25, 0.3) is 0 Å². The zero-order chi connectivity index (χ0) is 11.8. The van der Waals surface area contributed by atoms with Gasteiger partial charge >= 0.3 is 7.12 Å². The highest BCUT2D eigenvalue weighted by atomic mass is 16.5. The molecule has 84 valence electrons. The Balaban J connectivity index is 4.06. The van der Waals surface area contributed by atoms with Crippen molar-refractivity contribution in [1.82, 2.24) is 4.90 Å². The van der Waals surface area contributed by atoms with Gasteiger partial charge in [0.2, 0.25) is 0 Å². The molecule has 0 aromatic heterocycles. The molecule has 0 amide bonds. The smallest absolute Gasteiger partial charge is 0.423 e. The second-order valence-corrected chi connectivity index (χ2v) is 3.19. The Labute approximate surface area is 91.3 Å². The maximum absolute atomic E-state index is 8.76. The Bertz CT molecular complexity index is 251. The van der Waals surface area contributed by atoms with Gasteiger partial charge in [0.05, 0.1) is 6.61 Å². The highest BCUT2D eigenvalue weighted by Crippen LogP contribution is 2.03. The number of nitrogens with zero attached hydrogens (tertiary/aromatic N) is 1. The molecule has 0 fully saturated rings. The van der Waals surface area contributed by atoms with Crippen LogP contribution in [0.3, 0.4) is 0 Å². The van der Waals surface area contributed by atoms with Crippen LogP contribution in [0, 0.1) is 0 Å². The number of rotatable bonds is 7. The molecule has 0 aromatic rings. The monoisotopic (exact) mass is 211 g/mol. The van der Waals surface area contributed by atoms with E-state index in [1.165, 1.54) is 6.08 Å². The minimum absolute atomic E-state index is 0.233. The number of ether oxygens (including phenoxy) is 1. The lowest BCUT2D eigenvalue weighted by Gasteiger charge is -2.18. The van der Waals surface area contributed by atoms with Crippen molar-refractivity contribution in [3.63, 3.8) is 0 Å². The molecule has 0 aromatic carbocycles. The second kappa shape index (κ2) is 7.28. The molecule has 5 heteroatoms. The average Bonchev–Trinajstić information content (AvgIpc) is 2.21. The zero-order valence-electron chi connectivity index (χ0n) is 9.31. The highest BCUT2D eigenvalue weighted by molar-refractivity contribution is 6.51. The van der Waals surface area contributed by atoms with Crippen LogP contribution in [0.4, 0.5) is 0 Å². The van der Waals surface area contributed by atoms with Crippen molar-refractivity contribution in [2.75, 3.05) is 27.3 Å². The highest BCUT2D eigenvalue weighted by Gasteiger charge is 2.08. The molecule has 0 bridgehead atoms. The number of hydrogen-bond donors (Lipinski definition) is 2.